The molecule has 1 N–H and O–H groups in total. The van der Waals surface area contributed by atoms with Crippen molar-refractivity contribution in [1.29, 1.82) is 0 Å². The van der Waals surface area contributed by atoms with E-state index in [0.29, 0.717) is 5.95 Å². The Bertz CT molecular complexity index is 619. The van der Waals surface area contributed by atoms with Crippen LogP contribution < -0.4 is 10.2 Å². The van der Waals surface area contributed by atoms with Crippen LogP contribution in [0.5, 0.6) is 0 Å². The summed E-state index contributed by atoms with van der Waals surface area (Å²) in [7, 11) is 0. The fourth-order valence-electron chi connectivity index (χ4n) is 2.73. The molecule has 116 valence electrons. The number of aryl methyl sites for hydroxylation is 1. The molecule has 0 spiro atoms. The number of nitrogens with one attached hydrogen (secondary N) is 1. The average molecular weight is 361 g/mol. The van der Waals surface area contributed by atoms with Gasteiger partial charge < -0.3 is 10.2 Å². The van der Waals surface area contributed by atoms with Crippen LogP contribution in [0.4, 0.5) is 17.5 Å². The third-order valence-corrected chi connectivity index (χ3v) is 4.40. The van der Waals surface area contributed by atoms with Crippen molar-refractivity contribution < 1.29 is 0 Å². The van der Waals surface area contributed by atoms with Crippen molar-refractivity contribution in [3.63, 3.8) is 0 Å². The second-order valence-corrected chi connectivity index (χ2v) is 6.64. The normalized spacial score (nSPS) is 15.5. The van der Waals surface area contributed by atoms with Gasteiger partial charge in [0.2, 0.25) is 5.95 Å². The van der Waals surface area contributed by atoms with E-state index in [-0.39, 0.29) is 0 Å². The highest BCUT2D eigenvalue weighted by Crippen LogP contribution is 2.22. The molecule has 1 aromatic heterocycles. The monoisotopic (exact) mass is 360 g/mol. The first-order valence-corrected chi connectivity index (χ1v) is 8.63. The van der Waals surface area contributed by atoms with E-state index in [4.69, 9.17) is 4.98 Å². The van der Waals surface area contributed by atoms with Crippen LogP contribution in [0.3, 0.4) is 0 Å². The van der Waals surface area contributed by atoms with Crippen LogP contribution in [0.1, 0.15) is 31.4 Å². The Kier molecular flexibility index (Phi) is 4.93. The smallest absolute Gasteiger partial charge is 0.229 e. The Morgan fingerprint density at radius 2 is 1.68 bits per heavy atom. The molecule has 0 unspecified atom stereocenters. The Hall–Kier alpha value is -1.62. The molecule has 2 aromatic rings. The van der Waals surface area contributed by atoms with Crippen molar-refractivity contribution in [2.75, 3.05) is 23.3 Å². The summed E-state index contributed by atoms with van der Waals surface area (Å²) >= 11 is 3.45. The maximum absolute atomic E-state index is 4.71. The second-order valence-electron chi connectivity index (χ2n) is 5.72. The summed E-state index contributed by atoms with van der Waals surface area (Å²) in [6.45, 7) is 4.21. The molecule has 0 bridgehead atoms. The fourth-order valence-corrected chi connectivity index (χ4v) is 3.00. The van der Waals surface area contributed by atoms with Crippen molar-refractivity contribution in [3.8, 4) is 0 Å². The number of halogens is 1. The molecule has 0 aliphatic carbocycles. The van der Waals surface area contributed by atoms with Gasteiger partial charge in [0.05, 0.1) is 0 Å². The predicted octanol–water partition coefficient (Wildman–Crippen LogP) is 4.67. The van der Waals surface area contributed by atoms with Crippen LogP contribution in [-0.2, 0) is 0 Å². The molecule has 1 aliphatic heterocycles. The molecule has 1 aromatic carbocycles. The van der Waals surface area contributed by atoms with E-state index >= 15 is 0 Å². The zero-order chi connectivity index (χ0) is 15.4. The van der Waals surface area contributed by atoms with E-state index in [1.165, 1.54) is 25.7 Å². The van der Waals surface area contributed by atoms with E-state index in [9.17, 15) is 0 Å². The van der Waals surface area contributed by atoms with E-state index in [1.54, 1.807) is 0 Å². The molecule has 0 amide bonds. The minimum absolute atomic E-state index is 0.668. The lowest BCUT2D eigenvalue weighted by molar-refractivity contribution is 0.726. The molecule has 1 saturated heterocycles. The maximum atomic E-state index is 4.71. The maximum Gasteiger partial charge on any atom is 0.229 e. The van der Waals surface area contributed by atoms with Gasteiger partial charge in [0.15, 0.2) is 0 Å². The lowest BCUT2D eigenvalue weighted by Crippen LogP contribution is -2.25. The molecule has 3 rings (SSSR count). The lowest BCUT2D eigenvalue weighted by Gasteiger charge is -2.22. The Morgan fingerprint density at radius 1 is 1.00 bits per heavy atom. The van der Waals surface area contributed by atoms with Crippen molar-refractivity contribution in [2.24, 2.45) is 0 Å². The molecule has 4 nitrogen and oxygen atoms in total. The van der Waals surface area contributed by atoms with Gasteiger partial charge >= 0.3 is 0 Å². The minimum atomic E-state index is 0.668. The summed E-state index contributed by atoms with van der Waals surface area (Å²) < 4.78 is 1.06. The summed E-state index contributed by atoms with van der Waals surface area (Å²) in [6.07, 6.45) is 5.15. The molecule has 0 radical (unpaired) electrons. The third kappa shape index (κ3) is 3.97. The van der Waals surface area contributed by atoms with Crippen molar-refractivity contribution in [1.82, 2.24) is 9.97 Å². The largest absolute Gasteiger partial charge is 0.356 e. The molecule has 22 heavy (non-hydrogen) atoms. The van der Waals surface area contributed by atoms with Crippen molar-refractivity contribution in [2.45, 2.75) is 32.6 Å². The zero-order valence-corrected chi connectivity index (χ0v) is 14.4. The highest BCUT2D eigenvalue weighted by Gasteiger charge is 2.13. The van der Waals surface area contributed by atoms with Gasteiger partial charge in [-0.2, -0.15) is 4.98 Å². The molecule has 1 aliphatic rings. The molecule has 1 fully saturated rings. The molecular weight excluding hydrogens is 340 g/mol. The minimum Gasteiger partial charge on any atom is -0.356 e. The van der Waals surface area contributed by atoms with Gasteiger partial charge in [-0.15, -0.1) is 0 Å². The number of aromatic nitrogens is 2. The van der Waals surface area contributed by atoms with Gasteiger partial charge in [-0.25, -0.2) is 4.98 Å². The fraction of sp³-hybridized carbons (Fsp3) is 0.412. The van der Waals surface area contributed by atoms with Crippen LogP contribution in [0, 0.1) is 6.92 Å². The van der Waals surface area contributed by atoms with Crippen molar-refractivity contribution >= 4 is 33.4 Å². The average Bonchev–Trinajstić information content (AvgIpc) is 2.78. The Balaban J connectivity index is 1.81. The van der Waals surface area contributed by atoms with Gasteiger partial charge in [-0.1, -0.05) is 28.8 Å². The molecule has 0 atom stereocenters. The van der Waals surface area contributed by atoms with Gasteiger partial charge in [0.1, 0.15) is 5.82 Å². The van der Waals surface area contributed by atoms with Gasteiger partial charge in [-0.3, -0.25) is 0 Å². The zero-order valence-electron chi connectivity index (χ0n) is 12.8. The van der Waals surface area contributed by atoms with Crippen LogP contribution in [-0.4, -0.2) is 23.1 Å². The summed E-state index contributed by atoms with van der Waals surface area (Å²) in [4.78, 5) is 11.6. The second kappa shape index (κ2) is 7.09. The highest BCUT2D eigenvalue weighted by atomic mass is 79.9. The number of anilines is 3. The SMILES string of the molecule is Cc1cc(N2CCCCCC2)nc(Nc2ccc(Br)cc2)n1. The van der Waals surface area contributed by atoms with E-state index in [2.05, 4.69) is 37.2 Å². The van der Waals surface area contributed by atoms with Crippen LogP contribution >= 0.6 is 15.9 Å². The third-order valence-electron chi connectivity index (χ3n) is 3.87. The van der Waals surface area contributed by atoms with Crippen LogP contribution in [0.15, 0.2) is 34.8 Å². The molecular formula is C17H21BrN4. The number of hydrogen-bond donors (Lipinski definition) is 1. The highest BCUT2D eigenvalue weighted by molar-refractivity contribution is 9.10. The standard InChI is InChI=1S/C17H21BrN4/c1-13-12-16(22-10-4-2-3-5-11-22)21-17(19-13)20-15-8-6-14(18)7-9-15/h6-9,12H,2-5,10-11H2,1H3,(H,19,20,21). The van der Waals surface area contributed by atoms with E-state index < -0.39 is 0 Å². The quantitative estimate of drug-likeness (QED) is 0.863. The summed E-state index contributed by atoms with van der Waals surface area (Å²) in [5, 5.41) is 3.30. The predicted molar refractivity (Wildman–Crippen MR) is 94.9 cm³/mol. The first-order valence-electron chi connectivity index (χ1n) is 7.84. The Labute approximate surface area is 140 Å². The van der Waals surface area contributed by atoms with E-state index in [1.807, 2.05) is 31.2 Å². The van der Waals surface area contributed by atoms with Gasteiger partial charge in [-0.05, 0) is 44.0 Å². The number of benzene rings is 1. The number of nitrogens with zero attached hydrogens (tertiary/aromatic N) is 3. The van der Waals surface area contributed by atoms with E-state index in [0.717, 1.165) is 34.8 Å². The Morgan fingerprint density at radius 3 is 2.36 bits per heavy atom. The van der Waals surface area contributed by atoms with Gasteiger partial charge in [0, 0.05) is 35.0 Å². The molecule has 5 heteroatoms. The lowest BCUT2D eigenvalue weighted by atomic mass is 10.2. The van der Waals surface area contributed by atoms with Crippen molar-refractivity contribution in [3.05, 3.63) is 40.5 Å². The first-order chi connectivity index (χ1) is 10.7. The molecule has 2 heterocycles. The summed E-state index contributed by atoms with van der Waals surface area (Å²) in [6, 6.07) is 10.1. The van der Waals surface area contributed by atoms with Crippen LogP contribution in [0.2, 0.25) is 0 Å². The number of hydrogen-bond acceptors (Lipinski definition) is 4. The van der Waals surface area contributed by atoms with Gasteiger partial charge in [0.25, 0.3) is 0 Å². The summed E-state index contributed by atoms with van der Waals surface area (Å²) in [5.74, 6) is 1.70. The topological polar surface area (TPSA) is 41.1 Å². The van der Waals surface area contributed by atoms with Crippen LogP contribution in [0.25, 0.3) is 0 Å². The number of rotatable bonds is 3. The molecule has 0 saturated carbocycles. The first kappa shape index (κ1) is 15.3. The summed E-state index contributed by atoms with van der Waals surface area (Å²) in [5.41, 5.74) is 1.99.